The van der Waals surface area contributed by atoms with Crippen LogP contribution in [0.3, 0.4) is 0 Å². The lowest BCUT2D eigenvalue weighted by Crippen LogP contribution is -3.08. The summed E-state index contributed by atoms with van der Waals surface area (Å²) in [6, 6.07) is 4.71. The van der Waals surface area contributed by atoms with Crippen molar-refractivity contribution in [1.82, 2.24) is 5.32 Å². The molecular weight excluding hydrogens is 356 g/mol. The molecule has 0 bridgehead atoms. The molecule has 4 rings (SSSR count). The lowest BCUT2D eigenvalue weighted by atomic mass is 10.0. The SMILES string of the molecule is COc1ccc([C@H]2NC(=O)c3c(sc4c3CC[NH+](C)C4)N2)cc1[N+](=O)[O-]. The third-order valence-electron chi connectivity index (χ3n) is 4.87. The Labute approximate surface area is 153 Å². The van der Waals surface area contributed by atoms with Crippen molar-refractivity contribution in [3.8, 4) is 5.75 Å². The number of fused-ring (bicyclic) bond motifs is 3. The van der Waals surface area contributed by atoms with Gasteiger partial charge >= 0.3 is 5.69 Å². The molecule has 0 spiro atoms. The maximum absolute atomic E-state index is 12.7. The number of thiophene rings is 1. The fourth-order valence-corrected chi connectivity index (χ4v) is 4.92. The zero-order chi connectivity index (χ0) is 18.4. The van der Waals surface area contributed by atoms with Gasteiger partial charge in [0, 0.05) is 18.1 Å². The molecule has 1 aromatic carbocycles. The van der Waals surface area contributed by atoms with Gasteiger partial charge in [-0.15, -0.1) is 11.3 Å². The van der Waals surface area contributed by atoms with Gasteiger partial charge < -0.3 is 20.3 Å². The number of benzene rings is 1. The van der Waals surface area contributed by atoms with E-state index in [1.165, 1.54) is 23.0 Å². The number of carbonyl (C=O) groups excluding carboxylic acids is 1. The van der Waals surface area contributed by atoms with Gasteiger partial charge in [0.25, 0.3) is 5.91 Å². The van der Waals surface area contributed by atoms with Crippen molar-refractivity contribution >= 4 is 27.9 Å². The molecule has 2 atom stereocenters. The minimum absolute atomic E-state index is 0.123. The lowest BCUT2D eigenvalue weighted by molar-refractivity contribution is -0.895. The minimum Gasteiger partial charge on any atom is -0.490 e. The Morgan fingerprint density at radius 2 is 2.19 bits per heavy atom. The first-order valence-corrected chi connectivity index (χ1v) is 9.15. The fraction of sp³-hybridized carbons (Fsp3) is 0.353. The largest absolute Gasteiger partial charge is 0.490 e. The third kappa shape index (κ3) is 2.69. The van der Waals surface area contributed by atoms with Gasteiger partial charge in [0.15, 0.2) is 5.75 Å². The molecule has 3 N–H and O–H groups in total. The van der Waals surface area contributed by atoms with E-state index in [1.807, 2.05) is 0 Å². The smallest absolute Gasteiger partial charge is 0.311 e. The fourth-order valence-electron chi connectivity index (χ4n) is 3.53. The van der Waals surface area contributed by atoms with Gasteiger partial charge in [-0.2, -0.15) is 0 Å². The zero-order valence-electron chi connectivity index (χ0n) is 14.4. The van der Waals surface area contributed by atoms with E-state index < -0.39 is 11.1 Å². The highest BCUT2D eigenvalue weighted by Gasteiger charge is 2.34. The van der Waals surface area contributed by atoms with Crippen LogP contribution in [-0.4, -0.2) is 31.5 Å². The molecule has 2 aromatic rings. The predicted octanol–water partition coefficient (Wildman–Crippen LogP) is 1.09. The molecule has 9 heteroatoms. The zero-order valence-corrected chi connectivity index (χ0v) is 15.2. The van der Waals surface area contributed by atoms with Crippen LogP contribution in [-0.2, 0) is 13.0 Å². The van der Waals surface area contributed by atoms with Crippen LogP contribution in [0.4, 0.5) is 10.7 Å². The summed E-state index contributed by atoms with van der Waals surface area (Å²) >= 11 is 1.61. The molecule has 1 aromatic heterocycles. The molecule has 0 saturated heterocycles. The second-order valence-electron chi connectivity index (χ2n) is 6.58. The number of nitro groups is 1. The topological polar surface area (TPSA) is 97.9 Å². The van der Waals surface area contributed by atoms with Crippen LogP contribution in [0.1, 0.15) is 32.5 Å². The van der Waals surface area contributed by atoms with E-state index in [-0.39, 0.29) is 17.3 Å². The maximum atomic E-state index is 12.7. The predicted molar refractivity (Wildman–Crippen MR) is 97.0 cm³/mol. The molecule has 26 heavy (non-hydrogen) atoms. The Morgan fingerprint density at radius 1 is 1.38 bits per heavy atom. The third-order valence-corrected chi connectivity index (χ3v) is 6.03. The number of nitrogens with one attached hydrogen (secondary N) is 3. The molecular formula is C17H19N4O4S+. The Hall–Kier alpha value is -2.65. The number of rotatable bonds is 3. The highest BCUT2D eigenvalue weighted by atomic mass is 32.1. The second-order valence-corrected chi connectivity index (χ2v) is 7.69. The molecule has 2 aliphatic heterocycles. The van der Waals surface area contributed by atoms with E-state index in [4.69, 9.17) is 4.74 Å². The average Bonchev–Trinajstić information content (AvgIpc) is 2.98. The summed E-state index contributed by atoms with van der Waals surface area (Å²) < 4.78 is 5.04. The van der Waals surface area contributed by atoms with E-state index in [0.29, 0.717) is 5.56 Å². The Kier molecular flexibility index (Phi) is 4.04. The number of ether oxygens (including phenoxy) is 1. The molecule has 0 aliphatic carbocycles. The number of amides is 1. The number of carbonyl (C=O) groups is 1. The summed E-state index contributed by atoms with van der Waals surface area (Å²) in [7, 11) is 3.54. The molecule has 0 saturated carbocycles. The summed E-state index contributed by atoms with van der Waals surface area (Å²) in [4.78, 5) is 26.2. The van der Waals surface area contributed by atoms with Gasteiger partial charge in [0.05, 0.1) is 36.1 Å². The van der Waals surface area contributed by atoms with Crippen LogP contribution in [0.2, 0.25) is 0 Å². The van der Waals surface area contributed by atoms with Crippen molar-refractivity contribution in [3.63, 3.8) is 0 Å². The van der Waals surface area contributed by atoms with E-state index >= 15 is 0 Å². The van der Waals surface area contributed by atoms with Gasteiger partial charge in [-0.05, 0) is 11.6 Å². The van der Waals surface area contributed by atoms with Crippen LogP contribution in [0.5, 0.6) is 5.75 Å². The first-order chi connectivity index (χ1) is 12.5. The normalized spacial score (nSPS) is 21.2. The monoisotopic (exact) mass is 375 g/mol. The van der Waals surface area contributed by atoms with Gasteiger partial charge in [-0.3, -0.25) is 14.9 Å². The molecule has 8 nitrogen and oxygen atoms in total. The summed E-state index contributed by atoms with van der Waals surface area (Å²) in [5.41, 5.74) is 2.37. The summed E-state index contributed by atoms with van der Waals surface area (Å²) in [6.07, 6.45) is 0.380. The van der Waals surface area contributed by atoms with Crippen molar-refractivity contribution in [2.24, 2.45) is 0 Å². The first kappa shape index (κ1) is 16.8. The first-order valence-electron chi connectivity index (χ1n) is 8.33. The van der Waals surface area contributed by atoms with Gasteiger partial charge in [0.2, 0.25) is 0 Å². The van der Waals surface area contributed by atoms with Crippen molar-refractivity contribution in [3.05, 3.63) is 49.9 Å². The standard InChI is InChI=1S/C17H18N4O4S/c1-20-6-5-10-13(8-20)26-17-14(10)16(22)18-15(19-17)9-3-4-12(25-2)11(7-9)21(23)24/h3-4,7,15,19H,5-6,8H2,1-2H3,(H,18,22)/p+1/t15-/m0/s1. The highest BCUT2D eigenvalue weighted by molar-refractivity contribution is 7.16. The van der Waals surface area contributed by atoms with E-state index in [9.17, 15) is 14.9 Å². The molecule has 0 fully saturated rings. The Morgan fingerprint density at radius 3 is 2.92 bits per heavy atom. The molecule has 1 amide bonds. The van der Waals surface area contributed by atoms with Crippen LogP contribution in [0.25, 0.3) is 0 Å². The van der Waals surface area contributed by atoms with Gasteiger partial charge in [-0.25, -0.2) is 0 Å². The van der Waals surface area contributed by atoms with Gasteiger partial charge in [0.1, 0.15) is 17.7 Å². The van der Waals surface area contributed by atoms with Crippen molar-refractivity contribution in [2.75, 3.05) is 26.0 Å². The molecule has 0 radical (unpaired) electrons. The van der Waals surface area contributed by atoms with Crippen molar-refractivity contribution < 1.29 is 19.4 Å². The van der Waals surface area contributed by atoms with E-state index in [1.54, 1.807) is 23.5 Å². The van der Waals surface area contributed by atoms with E-state index in [0.717, 1.165) is 35.6 Å². The number of nitrogens with zero attached hydrogens (tertiary/aromatic N) is 1. The van der Waals surface area contributed by atoms with Crippen LogP contribution in [0, 0.1) is 10.1 Å². The molecule has 3 heterocycles. The quantitative estimate of drug-likeness (QED) is 0.551. The number of likely N-dealkylation sites (N-methyl/N-ethyl adjacent to an activating group) is 1. The molecule has 136 valence electrons. The van der Waals surface area contributed by atoms with E-state index in [2.05, 4.69) is 17.7 Å². The van der Waals surface area contributed by atoms with Crippen LogP contribution in [0.15, 0.2) is 18.2 Å². The lowest BCUT2D eigenvalue weighted by Gasteiger charge is -2.27. The minimum atomic E-state index is -0.509. The summed E-state index contributed by atoms with van der Waals surface area (Å²) in [5, 5.41) is 18.4. The summed E-state index contributed by atoms with van der Waals surface area (Å²) in [6.45, 7) is 1.93. The highest BCUT2D eigenvalue weighted by Crippen LogP contribution is 2.40. The number of anilines is 1. The number of methoxy groups -OCH3 is 1. The summed E-state index contributed by atoms with van der Waals surface area (Å²) in [5.74, 6) is 0.0680. The molecule has 2 aliphatic rings. The van der Waals surface area contributed by atoms with Gasteiger partial charge in [-0.1, -0.05) is 6.07 Å². The van der Waals surface area contributed by atoms with Crippen molar-refractivity contribution in [2.45, 2.75) is 19.1 Å². The van der Waals surface area contributed by atoms with Crippen LogP contribution >= 0.6 is 11.3 Å². The number of hydrogen-bond acceptors (Lipinski definition) is 6. The Balaban J connectivity index is 1.69. The Bertz CT molecular complexity index is 910. The number of nitro benzene ring substituents is 1. The van der Waals surface area contributed by atoms with Crippen LogP contribution < -0.4 is 20.3 Å². The maximum Gasteiger partial charge on any atom is 0.311 e. The molecule has 1 unspecified atom stereocenters. The van der Waals surface area contributed by atoms with Crippen molar-refractivity contribution in [1.29, 1.82) is 0 Å². The second kappa shape index (κ2) is 6.26. The number of quaternary nitrogens is 1. The average molecular weight is 375 g/mol. The number of hydrogen-bond donors (Lipinski definition) is 3.